The Bertz CT molecular complexity index is 730. The van der Waals surface area contributed by atoms with Crippen molar-refractivity contribution < 1.29 is 4.79 Å². The van der Waals surface area contributed by atoms with Crippen molar-refractivity contribution in [1.82, 2.24) is 15.3 Å². The van der Waals surface area contributed by atoms with Crippen molar-refractivity contribution in [3.05, 3.63) is 34.4 Å². The van der Waals surface area contributed by atoms with E-state index in [9.17, 15) is 4.79 Å². The summed E-state index contributed by atoms with van der Waals surface area (Å²) in [5.41, 5.74) is 4.28. The number of amides is 1. The molecule has 1 aliphatic rings. The van der Waals surface area contributed by atoms with Crippen LogP contribution in [0.4, 0.5) is 5.69 Å². The molecule has 1 aromatic carbocycles. The van der Waals surface area contributed by atoms with Gasteiger partial charge >= 0.3 is 0 Å². The smallest absolute Gasteiger partial charge is 0.268 e. The van der Waals surface area contributed by atoms with Gasteiger partial charge in [0.05, 0.1) is 16.8 Å². The molecule has 4 N–H and O–H groups in total. The molecule has 24 heavy (non-hydrogen) atoms. The van der Waals surface area contributed by atoms with Gasteiger partial charge in [-0.1, -0.05) is 15.9 Å². The van der Waals surface area contributed by atoms with E-state index in [-0.39, 0.29) is 5.91 Å². The van der Waals surface area contributed by atoms with Crippen molar-refractivity contribution in [2.24, 2.45) is 5.84 Å². The number of hydrazine groups is 1. The molecule has 1 amide bonds. The zero-order valence-electron chi connectivity index (χ0n) is 13.5. The molecule has 0 saturated carbocycles. The Morgan fingerprint density at radius 1 is 1.33 bits per heavy atom. The van der Waals surface area contributed by atoms with Crippen LogP contribution in [0, 0.1) is 0 Å². The van der Waals surface area contributed by atoms with E-state index in [1.165, 1.54) is 25.9 Å². The Balaban J connectivity index is 1.79. The molecule has 3 rings (SSSR count). The van der Waals surface area contributed by atoms with E-state index >= 15 is 0 Å². The van der Waals surface area contributed by atoms with E-state index in [4.69, 9.17) is 5.84 Å². The third-order valence-electron chi connectivity index (χ3n) is 4.36. The number of aromatic nitrogens is 1. The van der Waals surface area contributed by atoms with Gasteiger partial charge in [-0.15, -0.1) is 0 Å². The van der Waals surface area contributed by atoms with Crippen molar-refractivity contribution >= 4 is 38.4 Å². The Kier molecular flexibility index (Phi) is 5.65. The largest absolute Gasteiger partial charge is 0.384 e. The Hall–Kier alpha value is -1.70. The van der Waals surface area contributed by atoms with E-state index in [2.05, 4.69) is 36.6 Å². The van der Waals surface area contributed by atoms with Crippen LogP contribution >= 0.6 is 15.9 Å². The summed E-state index contributed by atoms with van der Waals surface area (Å²) in [6, 6.07) is 5.84. The molecule has 1 aromatic heterocycles. The van der Waals surface area contributed by atoms with E-state index in [0.717, 1.165) is 40.6 Å². The molecule has 7 heteroatoms. The van der Waals surface area contributed by atoms with Gasteiger partial charge in [0.2, 0.25) is 0 Å². The standard InChI is InChI=1S/C17H22BrN5O/c18-12-4-5-15-13(10-12)16(14(11-21-15)17(24)22-19)20-6-3-9-23-7-1-2-8-23/h4-5,10-11H,1-3,6-9,19H2,(H,20,21)(H,22,24). The van der Waals surface area contributed by atoms with Gasteiger partial charge in [-0.05, 0) is 57.1 Å². The first-order valence-corrected chi connectivity index (χ1v) is 9.04. The second kappa shape index (κ2) is 7.92. The first-order chi connectivity index (χ1) is 11.7. The van der Waals surface area contributed by atoms with Gasteiger partial charge < -0.3 is 10.2 Å². The molecule has 1 saturated heterocycles. The van der Waals surface area contributed by atoms with Crippen molar-refractivity contribution in [3.8, 4) is 0 Å². The third kappa shape index (κ3) is 3.85. The molecule has 1 aliphatic heterocycles. The summed E-state index contributed by atoms with van der Waals surface area (Å²) < 4.78 is 0.947. The lowest BCUT2D eigenvalue weighted by atomic mass is 10.1. The van der Waals surface area contributed by atoms with Crippen LogP contribution in [0.1, 0.15) is 29.6 Å². The van der Waals surface area contributed by atoms with Gasteiger partial charge in [-0.2, -0.15) is 0 Å². The molecule has 128 valence electrons. The number of hydrogen-bond donors (Lipinski definition) is 3. The highest BCUT2D eigenvalue weighted by molar-refractivity contribution is 9.10. The van der Waals surface area contributed by atoms with Crippen LogP contribution < -0.4 is 16.6 Å². The number of rotatable bonds is 6. The Labute approximate surface area is 149 Å². The topological polar surface area (TPSA) is 83.3 Å². The van der Waals surface area contributed by atoms with Gasteiger partial charge in [0, 0.05) is 22.6 Å². The van der Waals surface area contributed by atoms with Gasteiger partial charge in [0.1, 0.15) is 0 Å². The van der Waals surface area contributed by atoms with Gasteiger partial charge in [-0.25, -0.2) is 5.84 Å². The molecule has 0 unspecified atom stereocenters. The van der Waals surface area contributed by atoms with Crippen molar-refractivity contribution in [3.63, 3.8) is 0 Å². The SMILES string of the molecule is NNC(=O)c1cnc2ccc(Br)cc2c1NCCCN1CCCC1. The van der Waals surface area contributed by atoms with Gasteiger partial charge in [0.25, 0.3) is 5.91 Å². The third-order valence-corrected chi connectivity index (χ3v) is 4.85. The predicted molar refractivity (Wildman–Crippen MR) is 99.9 cm³/mol. The predicted octanol–water partition coefficient (Wildman–Crippen LogP) is 2.50. The molecule has 1 fully saturated rings. The molecule has 2 heterocycles. The zero-order valence-corrected chi connectivity index (χ0v) is 15.1. The Morgan fingerprint density at radius 2 is 2.12 bits per heavy atom. The number of nitrogen functional groups attached to an aromatic ring is 1. The first-order valence-electron chi connectivity index (χ1n) is 8.24. The number of benzene rings is 1. The molecule has 0 radical (unpaired) electrons. The number of nitrogens with one attached hydrogen (secondary N) is 2. The van der Waals surface area contributed by atoms with Gasteiger partial charge in [-0.3, -0.25) is 15.2 Å². The lowest BCUT2D eigenvalue weighted by Gasteiger charge is -2.17. The van der Waals surface area contributed by atoms with Crippen LogP contribution in [0.3, 0.4) is 0 Å². The lowest BCUT2D eigenvalue weighted by molar-refractivity contribution is 0.0954. The normalized spacial score (nSPS) is 14.9. The maximum atomic E-state index is 12.1. The highest BCUT2D eigenvalue weighted by atomic mass is 79.9. The second-order valence-electron chi connectivity index (χ2n) is 6.01. The number of nitrogens with zero attached hydrogens (tertiary/aromatic N) is 2. The molecule has 0 aliphatic carbocycles. The summed E-state index contributed by atoms with van der Waals surface area (Å²) >= 11 is 3.48. The van der Waals surface area contributed by atoms with Crippen LogP contribution in [0.5, 0.6) is 0 Å². The van der Waals surface area contributed by atoms with Crippen LogP contribution in [-0.4, -0.2) is 42.0 Å². The highest BCUT2D eigenvalue weighted by Crippen LogP contribution is 2.28. The summed E-state index contributed by atoms with van der Waals surface area (Å²) in [5, 5.41) is 4.33. The molecule has 2 aromatic rings. The van der Waals surface area contributed by atoms with Gasteiger partial charge in [0.15, 0.2) is 0 Å². The summed E-state index contributed by atoms with van der Waals surface area (Å²) in [4.78, 5) is 18.9. The maximum Gasteiger partial charge on any atom is 0.268 e. The van der Waals surface area contributed by atoms with E-state index in [0.29, 0.717) is 5.56 Å². The number of carbonyl (C=O) groups is 1. The quantitative estimate of drug-likeness (QED) is 0.305. The van der Waals surface area contributed by atoms with Crippen molar-refractivity contribution in [2.45, 2.75) is 19.3 Å². The number of pyridine rings is 1. The maximum absolute atomic E-state index is 12.1. The van der Waals surface area contributed by atoms with E-state index in [1.807, 2.05) is 18.2 Å². The number of anilines is 1. The fraction of sp³-hybridized carbons (Fsp3) is 0.412. The van der Waals surface area contributed by atoms with E-state index < -0.39 is 0 Å². The molecule has 6 nitrogen and oxygen atoms in total. The van der Waals surface area contributed by atoms with Crippen LogP contribution in [-0.2, 0) is 0 Å². The highest BCUT2D eigenvalue weighted by Gasteiger charge is 2.15. The molecule has 0 spiro atoms. The monoisotopic (exact) mass is 391 g/mol. The minimum absolute atomic E-state index is 0.341. The number of nitrogens with two attached hydrogens (primary N) is 1. The Morgan fingerprint density at radius 3 is 2.88 bits per heavy atom. The number of carbonyl (C=O) groups excluding carboxylic acids is 1. The number of hydrogen-bond acceptors (Lipinski definition) is 5. The fourth-order valence-electron chi connectivity index (χ4n) is 3.13. The average molecular weight is 392 g/mol. The summed E-state index contributed by atoms with van der Waals surface area (Å²) in [5.74, 6) is 4.97. The van der Waals surface area contributed by atoms with E-state index in [1.54, 1.807) is 6.20 Å². The van der Waals surface area contributed by atoms with Crippen LogP contribution in [0.15, 0.2) is 28.9 Å². The fourth-order valence-corrected chi connectivity index (χ4v) is 3.49. The van der Waals surface area contributed by atoms with Crippen LogP contribution in [0.2, 0.25) is 0 Å². The minimum Gasteiger partial charge on any atom is -0.384 e. The number of halogens is 1. The summed E-state index contributed by atoms with van der Waals surface area (Å²) in [6.45, 7) is 4.28. The number of likely N-dealkylation sites (tertiary alicyclic amines) is 1. The minimum atomic E-state index is -0.341. The van der Waals surface area contributed by atoms with Crippen LogP contribution in [0.25, 0.3) is 10.9 Å². The lowest BCUT2D eigenvalue weighted by Crippen LogP contribution is -2.31. The molecule has 0 bridgehead atoms. The zero-order chi connectivity index (χ0) is 16.9. The average Bonchev–Trinajstić information content (AvgIpc) is 3.11. The molecular weight excluding hydrogens is 370 g/mol. The first kappa shape index (κ1) is 17.1. The summed E-state index contributed by atoms with van der Waals surface area (Å²) in [6.07, 6.45) is 5.21. The number of fused-ring (bicyclic) bond motifs is 1. The molecule has 0 atom stereocenters. The summed E-state index contributed by atoms with van der Waals surface area (Å²) in [7, 11) is 0. The van der Waals surface area contributed by atoms with Crippen molar-refractivity contribution in [2.75, 3.05) is 31.5 Å². The van der Waals surface area contributed by atoms with Crippen molar-refractivity contribution in [1.29, 1.82) is 0 Å². The molecular formula is C17H22BrN5O. The second-order valence-corrected chi connectivity index (χ2v) is 6.93.